The van der Waals surface area contributed by atoms with Crippen molar-refractivity contribution in [1.29, 1.82) is 0 Å². The van der Waals surface area contributed by atoms with Crippen molar-refractivity contribution in [1.82, 2.24) is 0 Å². The second kappa shape index (κ2) is 9.73. The summed E-state index contributed by atoms with van der Waals surface area (Å²) in [4.78, 5) is 23.4. The van der Waals surface area contributed by atoms with Gasteiger partial charge in [-0.25, -0.2) is 0 Å². The van der Waals surface area contributed by atoms with E-state index >= 15 is 0 Å². The highest BCUT2D eigenvalue weighted by Crippen LogP contribution is 2.42. The molecule has 1 unspecified atom stereocenters. The topological polar surface area (TPSA) is 105 Å². The highest BCUT2D eigenvalue weighted by atomic mass is 35.5. The summed E-state index contributed by atoms with van der Waals surface area (Å²) in [6.07, 6.45) is 2.92. The monoisotopic (exact) mass is 490 g/mol. The minimum atomic E-state index is -2.18. The van der Waals surface area contributed by atoms with Crippen LogP contribution in [0, 0.1) is 5.92 Å². The number of aryl methyl sites for hydroxylation is 1. The van der Waals surface area contributed by atoms with Crippen LogP contribution in [0.25, 0.3) is 0 Å². The number of benzene rings is 2. The number of thiol groups is 1. The lowest BCUT2D eigenvalue weighted by Crippen LogP contribution is -2.41. The van der Waals surface area contributed by atoms with Crippen molar-refractivity contribution in [2.45, 2.75) is 38.0 Å². The number of rotatable bonds is 5. The highest BCUT2D eigenvalue weighted by Gasteiger charge is 2.39. The van der Waals surface area contributed by atoms with Crippen molar-refractivity contribution in [3.05, 3.63) is 58.1 Å². The Hall–Kier alpha value is -2.58. The number of amides is 1. The van der Waals surface area contributed by atoms with E-state index in [9.17, 15) is 13.8 Å². The van der Waals surface area contributed by atoms with E-state index < -0.39 is 22.5 Å². The van der Waals surface area contributed by atoms with Gasteiger partial charge in [-0.3, -0.25) is 13.8 Å². The van der Waals surface area contributed by atoms with E-state index in [0.717, 1.165) is 24.3 Å². The zero-order chi connectivity index (χ0) is 23.6. The first-order valence-electron chi connectivity index (χ1n) is 11.0. The second-order valence-electron chi connectivity index (χ2n) is 8.93. The Kier molecular flexibility index (Phi) is 6.95. The van der Waals surface area contributed by atoms with Gasteiger partial charge < -0.3 is 15.2 Å². The van der Waals surface area contributed by atoms with E-state index in [4.69, 9.17) is 21.4 Å². The Morgan fingerprint density at radius 3 is 2.91 bits per heavy atom. The average Bonchev–Trinajstić information content (AvgIpc) is 2.93. The molecular weight excluding hydrogens is 464 g/mol. The van der Waals surface area contributed by atoms with Crippen LogP contribution in [0.2, 0.25) is 5.02 Å². The number of anilines is 1. The lowest BCUT2D eigenvalue weighted by molar-refractivity contribution is -0.137. The number of fused-ring (bicyclic) bond motifs is 3. The molecule has 1 aliphatic heterocycles. The van der Waals surface area contributed by atoms with Gasteiger partial charge in [0.25, 0.3) is 5.91 Å². The Morgan fingerprint density at radius 1 is 1.30 bits per heavy atom. The molecule has 1 spiro atoms. The van der Waals surface area contributed by atoms with Gasteiger partial charge in [-0.1, -0.05) is 24.6 Å². The number of ether oxygens (including phenoxy) is 1. The molecule has 0 fully saturated rings. The van der Waals surface area contributed by atoms with Crippen molar-refractivity contribution in [2.75, 3.05) is 24.2 Å². The number of halogens is 1. The van der Waals surface area contributed by atoms with Crippen LogP contribution >= 0.6 is 11.6 Å². The number of carboxylic acid groups (broad SMARTS) is 1. The number of nitrogens with one attached hydrogen (secondary N) is 1. The largest absolute Gasteiger partial charge is 0.490 e. The van der Waals surface area contributed by atoms with E-state index in [1.807, 2.05) is 12.1 Å². The summed E-state index contributed by atoms with van der Waals surface area (Å²) in [5.74, 6) is -1.15. The highest BCUT2D eigenvalue weighted by molar-refractivity contribution is 7.75. The fourth-order valence-corrected chi connectivity index (χ4v) is 5.92. The van der Waals surface area contributed by atoms with Crippen molar-refractivity contribution < 1.29 is 23.6 Å². The first-order chi connectivity index (χ1) is 15.8. The molecule has 2 aromatic rings. The maximum absolute atomic E-state index is 12.6. The number of carboxylic acids is 1. The van der Waals surface area contributed by atoms with Gasteiger partial charge in [0.05, 0.1) is 12.3 Å². The van der Waals surface area contributed by atoms with Crippen molar-refractivity contribution in [3.63, 3.8) is 0 Å². The second-order valence-corrected chi connectivity index (χ2v) is 10.6. The Labute approximate surface area is 199 Å². The van der Waals surface area contributed by atoms with Crippen molar-refractivity contribution >= 4 is 39.8 Å². The maximum atomic E-state index is 12.6. The fraction of sp³-hybridized carbons (Fsp3) is 0.417. The van der Waals surface area contributed by atoms with Crippen molar-refractivity contribution in [3.8, 4) is 5.75 Å². The average molecular weight is 491 g/mol. The minimum absolute atomic E-state index is 0.0611. The first kappa shape index (κ1) is 23.6. The first-order valence-corrected chi connectivity index (χ1v) is 12.8. The van der Waals surface area contributed by atoms with E-state index in [-0.39, 0.29) is 23.5 Å². The summed E-state index contributed by atoms with van der Waals surface area (Å²) >= 11 is 6.21. The number of carbonyl (C=O) groups is 2. The Balaban J connectivity index is 1.51. The molecule has 7 nitrogen and oxygen atoms in total. The summed E-state index contributed by atoms with van der Waals surface area (Å²) in [6.45, 7) is 2.86. The standard InChI is InChI=1S/C24H27ClN2O5S/c1-15(9-22(28)29)12-33(31)27-23(30)17-4-7-21-20(11-17)26-13-24(14-32-21)8-2-3-16-10-18(25)5-6-19(16)24/h4-7,10-11,15,26,33H,2-3,8-9,12-14H2,1H3,(H,28,29)/t15-,24-/m0/s1. The molecule has 3 atom stereocenters. The van der Waals surface area contributed by atoms with E-state index in [1.54, 1.807) is 25.1 Å². The molecule has 0 aromatic heterocycles. The predicted octanol–water partition coefficient (Wildman–Crippen LogP) is 4.33. The normalized spacial score (nSPS) is 21.2. The number of carbonyl (C=O) groups excluding carboxylic acids is 1. The number of aliphatic carboxylic acids is 1. The molecular formula is C24H27ClN2O5S. The van der Waals surface area contributed by atoms with Gasteiger partial charge in [0, 0.05) is 45.3 Å². The summed E-state index contributed by atoms with van der Waals surface area (Å²) in [5, 5.41) is 13.0. The zero-order valence-corrected chi connectivity index (χ0v) is 20.0. The van der Waals surface area contributed by atoms with Crippen LogP contribution in [0.3, 0.4) is 0 Å². The number of hydrogen-bond acceptors (Lipinski definition) is 5. The van der Waals surface area contributed by atoms with Gasteiger partial charge >= 0.3 is 5.97 Å². The van der Waals surface area contributed by atoms with Gasteiger partial charge in [0.1, 0.15) is 5.75 Å². The Morgan fingerprint density at radius 2 is 2.12 bits per heavy atom. The molecule has 176 valence electrons. The molecule has 1 amide bonds. The molecule has 0 bridgehead atoms. The van der Waals surface area contributed by atoms with E-state index in [2.05, 4.69) is 15.7 Å². The fourth-order valence-electron chi connectivity index (χ4n) is 4.66. The van der Waals surface area contributed by atoms with Gasteiger partial charge in [-0.2, -0.15) is 4.36 Å². The molecule has 0 saturated heterocycles. The van der Waals surface area contributed by atoms with Gasteiger partial charge in [-0.15, -0.1) is 0 Å². The number of hydrogen-bond donors (Lipinski definition) is 3. The molecule has 2 N–H and O–H groups in total. The van der Waals surface area contributed by atoms with Gasteiger partial charge in [0.15, 0.2) is 0 Å². The van der Waals surface area contributed by atoms with E-state index in [1.165, 1.54) is 11.1 Å². The van der Waals surface area contributed by atoms with Crippen LogP contribution in [-0.2, 0) is 27.2 Å². The molecule has 33 heavy (non-hydrogen) atoms. The molecule has 1 aliphatic carbocycles. The van der Waals surface area contributed by atoms with Gasteiger partial charge in [-0.05, 0) is 66.6 Å². The van der Waals surface area contributed by atoms with Crippen LogP contribution in [0.4, 0.5) is 5.69 Å². The molecule has 1 heterocycles. The van der Waals surface area contributed by atoms with Crippen LogP contribution < -0.4 is 10.1 Å². The summed E-state index contributed by atoms with van der Waals surface area (Å²) in [6, 6.07) is 11.1. The Bertz CT molecular complexity index is 1180. The third-order valence-electron chi connectivity index (χ3n) is 6.28. The quantitative estimate of drug-likeness (QED) is 0.539. The van der Waals surface area contributed by atoms with Gasteiger partial charge in [0.2, 0.25) is 0 Å². The SMILES string of the molecule is C[C@@H](CC(=O)O)C/[SH](=O)=N/C(=O)c1ccc2c(c1)NC[C@@]1(CCCc3cc(Cl)ccc31)CO2. The molecule has 9 heteroatoms. The summed E-state index contributed by atoms with van der Waals surface area (Å²) < 4.78 is 22.2. The lowest BCUT2D eigenvalue weighted by Gasteiger charge is -2.37. The molecule has 0 radical (unpaired) electrons. The minimum Gasteiger partial charge on any atom is -0.490 e. The van der Waals surface area contributed by atoms with Crippen LogP contribution in [-0.4, -0.2) is 40.1 Å². The van der Waals surface area contributed by atoms with Crippen LogP contribution in [0.15, 0.2) is 40.8 Å². The third-order valence-corrected chi connectivity index (χ3v) is 7.86. The maximum Gasteiger partial charge on any atom is 0.303 e. The smallest absolute Gasteiger partial charge is 0.303 e. The van der Waals surface area contributed by atoms with Crippen molar-refractivity contribution in [2.24, 2.45) is 10.3 Å². The lowest BCUT2D eigenvalue weighted by atomic mass is 9.70. The van der Waals surface area contributed by atoms with Crippen LogP contribution in [0.5, 0.6) is 5.75 Å². The van der Waals surface area contributed by atoms with E-state index in [0.29, 0.717) is 30.2 Å². The molecule has 2 aromatic carbocycles. The molecule has 2 aliphatic rings. The molecule has 4 rings (SSSR count). The third kappa shape index (κ3) is 5.33. The summed E-state index contributed by atoms with van der Waals surface area (Å²) in [7, 11) is -2.18. The predicted molar refractivity (Wildman–Crippen MR) is 129 cm³/mol. The molecule has 0 saturated carbocycles. The zero-order valence-electron chi connectivity index (χ0n) is 18.3. The summed E-state index contributed by atoms with van der Waals surface area (Å²) in [5.41, 5.74) is 3.32. The van der Waals surface area contributed by atoms with Crippen LogP contribution in [0.1, 0.15) is 47.7 Å². The number of nitrogens with zero attached hydrogens (tertiary/aromatic N) is 1.